The molecule has 0 spiro atoms. The molecule has 0 aromatic heterocycles. The normalized spacial score (nSPS) is 17.9. The Balaban J connectivity index is 1.47. The smallest absolute Gasteiger partial charge is 0.338 e. The lowest BCUT2D eigenvalue weighted by atomic mass is 9.77. The predicted molar refractivity (Wildman–Crippen MR) is 192 cm³/mol. The first-order chi connectivity index (χ1) is 25.2. The molecule has 4 aromatic rings. The number of carbonyl (C=O) groups excluding carboxylic acids is 3. The first kappa shape index (κ1) is 36.2. The third kappa shape index (κ3) is 5.95. The van der Waals surface area contributed by atoms with Crippen LogP contribution < -0.4 is 33.2 Å². The largest absolute Gasteiger partial charge is 0.496 e. The molecule has 0 N–H and O–H groups in total. The van der Waals surface area contributed by atoms with E-state index in [0.29, 0.717) is 50.8 Å². The first-order valence-corrected chi connectivity index (χ1v) is 16.8. The van der Waals surface area contributed by atoms with Gasteiger partial charge < -0.3 is 42.8 Å². The fourth-order valence-corrected chi connectivity index (χ4v) is 7.85. The monoisotopic (exact) mass is 713 g/mol. The van der Waals surface area contributed by atoms with Crippen LogP contribution in [0.5, 0.6) is 40.2 Å². The van der Waals surface area contributed by atoms with E-state index < -0.39 is 24.0 Å². The molecule has 2 aliphatic heterocycles. The Bertz CT molecular complexity index is 2040. The number of nitrogens with zero attached hydrogens (tertiary/aromatic N) is 1. The molecule has 0 aliphatic carbocycles. The highest BCUT2D eigenvalue weighted by atomic mass is 16.5. The van der Waals surface area contributed by atoms with Crippen LogP contribution in [-0.2, 0) is 27.2 Å². The van der Waals surface area contributed by atoms with Crippen LogP contribution in [0, 0.1) is 12.8 Å². The Kier molecular flexibility index (Phi) is 10.4. The lowest BCUT2D eigenvalue weighted by Crippen LogP contribution is -2.58. The number of ketones is 1. The summed E-state index contributed by atoms with van der Waals surface area (Å²) in [4.78, 5) is 44.4. The molecule has 4 aromatic carbocycles. The van der Waals surface area contributed by atoms with Gasteiger partial charge in [-0.2, -0.15) is 0 Å². The molecule has 0 saturated carbocycles. The number of hydrogen-bond donors (Lipinski definition) is 0. The van der Waals surface area contributed by atoms with Crippen LogP contribution in [0.3, 0.4) is 0 Å². The van der Waals surface area contributed by atoms with Gasteiger partial charge in [-0.25, -0.2) is 4.79 Å². The molecule has 6 rings (SSSR count). The second-order valence-corrected chi connectivity index (χ2v) is 12.6. The zero-order chi connectivity index (χ0) is 37.3. The Morgan fingerprint density at radius 2 is 1.37 bits per heavy atom. The van der Waals surface area contributed by atoms with Gasteiger partial charge in [0.2, 0.25) is 17.4 Å². The number of hydrogen-bond acceptors (Lipinski definition) is 11. The Morgan fingerprint density at radius 1 is 0.731 bits per heavy atom. The van der Waals surface area contributed by atoms with Gasteiger partial charge in [0.15, 0.2) is 28.8 Å². The number of amides is 1. The van der Waals surface area contributed by atoms with Crippen LogP contribution >= 0.6 is 0 Å². The zero-order valence-corrected chi connectivity index (χ0v) is 30.6. The Morgan fingerprint density at radius 3 is 2.02 bits per heavy atom. The average molecular weight is 714 g/mol. The van der Waals surface area contributed by atoms with Gasteiger partial charge in [-0.1, -0.05) is 36.4 Å². The molecule has 0 radical (unpaired) electrons. The van der Waals surface area contributed by atoms with Crippen molar-refractivity contribution in [2.45, 2.75) is 38.3 Å². The van der Waals surface area contributed by atoms with Crippen LogP contribution in [-0.4, -0.2) is 85.0 Å². The maximum atomic E-state index is 14.8. The standard InChI is InChI=1S/C40H43NO11/c1-21-33(46-3)23(18-31(45-2)34(21)47-4)16-24-17-30(42)28-19-27-32(36(49-6)38(51-8)37(50-7)35(27)48-5)29(41(28)39(24)43)20-52-40(44)26-15-11-13-22-12-9-10-14-25(22)26/h9-15,18,24,28-29H,16-17,19-20H2,1-8H3/t24-,28-,29-/m1/s1. The zero-order valence-electron chi connectivity index (χ0n) is 30.6. The van der Waals surface area contributed by atoms with E-state index in [2.05, 4.69) is 0 Å². The second-order valence-electron chi connectivity index (χ2n) is 12.6. The number of ether oxygens (including phenoxy) is 8. The number of rotatable bonds is 12. The average Bonchev–Trinajstić information content (AvgIpc) is 3.16. The van der Waals surface area contributed by atoms with E-state index in [1.165, 1.54) is 35.5 Å². The molecular weight excluding hydrogens is 670 g/mol. The van der Waals surface area contributed by atoms with Crippen molar-refractivity contribution in [1.82, 2.24) is 4.90 Å². The number of Topliss-reactive ketones (excluding diaryl/α,β-unsaturated/α-hetero) is 1. The third-order valence-corrected chi connectivity index (χ3v) is 10.1. The van der Waals surface area contributed by atoms with E-state index in [4.69, 9.17) is 37.9 Å². The van der Waals surface area contributed by atoms with E-state index in [-0.39, 0.29) is 54.8 Å². The van der Waals surface area contributed by atoms with Crippen molar-refractivity contribution in [2.24, 2.45) is 5.92 Å². The molecule has 0 unspecified atom stereocenters. The quantitative estimate of drug-likeness (QED) is 0.168. The van der Waals surface area contributed by atoms with Crippen molar-refractivity contribution in [3.8, 4) is 40.2 Å². The minimum Gasteiger partial charge on any atom is -0.496 e. The minimum absolute atomic E-state index is 0.0128. The number of carbonyl (C=O) groups is 3. The van der Waals surface area contributed by atoms with Crippen LogP contribution in [0.15, 0.2) is 48.5 Å². The maximum Gasteiger partial charge on any atom is 0.338 e. The molecule has 1 saturated heterocycles. The second kappa shape index (κ2) is 14.9. The molecule has 3 atom stereocenters. The molecule has 12 nitrogen and oxygen atoms in total. The Labute approximate surface area is 302 Å². The van der Waals surface area contributed by atoms with Gasteiger partial charge in [0.25, 0.3) is 0 Å². The summed E-state index contributed by atoms with van der Waals surface area (Å²) < 4.78 is 46.3. The molecule has 274 valence electrons. The van der Waals surface area contributed by atoms with Crippen molar-refractivity contribution in [2.75, 3.05) is 56.4 Å². The summed E-state index contributed by atoms with van der Waals surface area (Å²) in [5.41, 5.74) is 2.86. The summed E-state index contributed by atoms with van der Waals surface area (Å²) in [7, 11) is 10.6. The van der Waals surface area contributed by atoms with E-state index in [0.717, 1.165) is 10.8 Å². The summed E-state index contributed by atoms with van der Waals surface area (Å²) >= 11 is 0. The molecule has 1 amide bonds. The summed E-state index contributed by atoms with van der Waals surface area (Å²) in [6, 6.07) is 12.9. The van der Waals surface area contributed by atoms with E-state index >= 15 is 0 Å². The maximum absolute atomic E-state index is 14.8. The van der Waals surface area contributed by atoms with Gasteiger partial charge in [-0.05, 0) is 41.8 Å². The number of piperidine rings is 1. The van der Waals surface area contributed by atoms with Gasteiger partial charge in [-0.15, -0.1) is 0 Å². The van der Waals surface area contributed by atoms with Gasteiger partial charge in [0.05, 0.1) is 67.4 Å². The SMILES string of the molecule is COc1cc(C[C@@H]2CC(=O)[C@H]3Cc4c(OC)c(OC)c(OC)c(OC)c4[C@@H](COC(=O)c4cccc5ccccc45)N3C2=O)c(OC)c(C)c1OC. The molecular formula is C40H43NO11. The highest BCUT2D eigenvalue weighted by Crippen LogP contribution is 2.55. The van der Waals surface area contributed by atoms with Gasteiger partial charge in [0.1, 0.15) is 12.4 Å². The third-order valence-electron chi connectivity index (χ3n) is 10.1. The summed E-state index contributed by atoms with van der Waals surface area (Å²) in [6.45, 7) is 1.56. The van der Waals surface area contributed by atoms with Crippen LogP contribution in [0.2, 0.25) is 0 Å². The summed E-state index contributed by atoms with van der Waals surface area (Å²) in [6.07, 6.45) is 0.292. The van der Waals surface area contributed by atoms with Crippen molar-refractivity contribution < 1.29 is 52.3 Å². The summed E-state index contributed by atoms with van der Waals surface area (Å²) in [5.74, 6) is 0.892. The molecule has 2 aliphatic rings. The van der Waals surface area contributed by atoms with Gasteiger partial charge >= 0.3 is 5.97 Å². The molecule has 1 fully saturated rings. The van der Waals surface area contributed by atoms with Crippen LogP contribution in [0.25, 0.3) is 10.8 Å². The van der Waals surface area contributed by atoms with Crippen molar-refractivity contribution in [3.05, 3.63) is 76.3 Å². The minimum atomic E-state index is -0.954. The first-order valence-electron chi connectivity index (χ1n) is 16.8. The van der Waals surface area contributed by atoms with Crippen molar-refractivity contribution >= 4 is 28.4 Å². The molecule has 52 heavy (non-hydrogen) atoms. The molecule has 2 heterocycles. The van der Waals surface area contributed by atoms with E-state index in [9.17, 15) is 14.4 Å². The highest BCUT2D eigenvalue weighted by molar-refractivity contribution is 6.04. The van der Waals surface area contributed by atoms with Crippen molar-refractivity contribution in [3.63, 3.8) is 0 Å². The predicted octanol–water partition coefficient (Wildman–Crippen LogP) is 5.69. The fraction of sp³-hybridized carbons (Fsp3) is 0.375. The topological polar surface area (TPSA) is 128 Å². The number of esters is 1. The summed E-state index contributed by atoms with van der Waals surface area (Å²) in [5, 5.41) is 1.61. The lowest BCUT2D eigenvalue weighted by Gasteiger charge is -2.47. The molecule has 0 bridgehead atoms. The Hall–Kier alpha value is -5.65. The number of fused-ring (bicyclic) bond motifs is 3. The highest BCUT2D eigenvalue weighted by Gasteiger charge is 2.51. The van der Waals surface area contributed by atoms with Crippen LogP contribution in [0.4, 0.5) is 0 Å². The van der Waals surface area contributed by atoms with Gasteiger partial charge in [0, 0.05) is 35.4 Å². The van der Waals surface area contributed by atoms with Crippen molar-refractivity contribution in [1.29, 1.82) is 0 Å². The van der Waals surface area contributed by atoms with Gasteiger partial charge in [-0.3, -0.25) is 9.59 Å². The van der Waals surface area contributed by atoms with E-state index in [1.807, 2.05) is 37.3 Å². The fourth-order valence-electron chi connectivity index (χ4n) is 7.85. The van der Waals surface area contributed by atoms with E-state index in [1.54, 1.807) is 37.3 Å². The molecule has 12 heteroatoms. The lowest BCUT2D eigenvalue weighted by molar-refractivity contribution is -0.155. The number of methoxy groups -OCH3 is 7. The number of benzene rings is 4. The van der Waals surface area contributed by atoms with Crippen LogP contribution in [0.1, 0.15) is 45.1 Å².